The first-order valence-electron chi connectivity index (χ1n) is 15.7. The van der Waals surface area contributed by atoms with Crippen LogP contribution in [0.1, 0.15) is 34.5 Å². The third-order valence-electron chi connectivity index (χ3n) is 8.67. The highest BCUT2D eigenvalue weighted by Crippen LogP contribution is 2.44. The molecular formula is C38H34N4O5S. The molecule has 7 rings (SSSR count). The number of para-hydroxylation sites is 2. The van der Waals surface area contributed by atoms with Crippen LogP contribution in [-0.2, 0) is 20.7 Å². The summed E-state index contributed by atoms with van der Waals surface area (Å²) in [5.74, 6) is 0.165. The smallest absolute Gasteiger partial charge is 0.407 e. The van der Waals surface area contributed by atoms with E-state index in [2.05, 4.69) is 34.6 Å². The van der Waals surface area contributed by atoms with Crippen LogP contribution < -0.4 is 10.9 Å². The predicted molar refractivity (Wildman–Crippen MR) is 187 cm³/mol. The maximum Gasteiger partial charge on any atom is 0.407 e. The molecule has 48 heavy (non-hydrogen) atoms. The number of rotatable bonds is 10. The van der Waals surface area contributed by atoms with E-state index in [1.807, 2.05) is 85.2 Å². The third-order valence-corrected chi connectivity index (χ3v) is 9.33. The first-order valence-corrected chi connectivity index (χ1v) is 17.1. The number of aromatic amines is 1. The summed E-state index contributed by atoms with van der Waals surface area (Å²) in [7, 11) is 1.35. The maximum atomic E-state index is 13.3. The molecule has 1 aliphatic carbocycles. The predicted octanol–water partition coefficient (Wildman–Crippen LogP) is 6.94. The summed E-state index contributed by atoms with van der Waals surface area (Å²) in [6, 6.07) is 30.2. The lowest BCUT2D eigenvalue weighted by Gasteiger charge is -2.19. The number of nitrogens with one attached hydrogen (secondary N) is 2. The van der Waals surface area contributed by atoms with E-state index < -0.39 is 24.1 Å². The van der Waals surface area contributed by atoms with Gasteiger partial charge in [-0.05, 0) is 52.3 Å². The molecule has 9 nitrogen and oxygen atoms in total. The molecule has 2 aromatic heterocycles. The maximum absolute atomic E-state index is 13.3. The quantitative estimate of drug-likeness (QED) is 0.153. The fraction of sp³-hybridized carbons (Fsp3) is 0.211. The largest absolute Gasteiger partial charge is 0.467 e. The number of carbonyl (C=O) groups is 2. The molecular weight excluding hydrogens is 625 g/mol. The van der Waals surface area contributed by atoms with Crippen LogP contribution >= 0.6 is 11.8 Å². The topological polar surface area (TPSA) is 119 Å². The van der Waals surface area contributed by atoms with Crippen LogP contribution in [0.2, 0.25) is 0 Å². The lowest BCUT2D eigenvalue weighted by Crippen LogP contribution is -2.33. The van der Waals surface area contributed by atoms with E-state index in [9.17, 15) is 9.59 Å². The monoisotopic (exact) mass is 658 g/mol. The molecule has 1 aliphatic rings. The van der Waals surface area contributed by atoms with Gasteiger partial charge >= 0.3 is 12.1 Å². The summed E-state index contributed by atoms with van der Waals surface area (Å²) >= 11 is 1.53. The molecule has 1 amide bonds. The molecule has 0 aliphatic heterocycles. The number of carbonyl (C=O) groups excluding carboxylic acids is 2. The molecule has 0 radical (unpaired) electrons. The van der Waals surface area contributed by atoms with Gasteiger partial charge in [0.25, 0.3) is 0 Å². The number of ether oxygens (including phenoxy) is 2. The van der Waals surface area contributed by atoms with Gasteiger partial charge in [-0.15, -0.1) is 0 Å². The van der Waals surface area contributed by atoms with Crippen LogP contribution in [0.15, 0.2) is 113 Å². The number of amides is 1. The van der Waals surface area contributed by atoms with E-state index in [1.165, 1.54) is 18.9 Å². The molecule has 10 heteroatoms. The number of esters is 1. The van der Waals surface area contributed by atoms with E-state index in [4.69, 9.17) is 23.9 Å². The summed E-state index contributed by atoms with van der Waals surface area (Å²) in [4.78, 5) is 39.2. The number of alkyl carbamates (subject to hydrolysis) is 1. The Bertz CT molecular complexity index is 2150. The van der Waals surface area contributed by atoms with Crippen molar-refractivity contribution in [2.75, 3.05) is 25.7 Å². The van der Waals surface area contributed by atoms with Gasteiger partial charge in [-0.25, -0.2) is 19.6 Å². The fourth-order valence-corrected chi connectivity index (χ4v) is 6.94. The number of thioether (sulfide) groups is 1. The SMILES string of the molecule is COC(=O)[C@H](Cc1c[nH]c2ccccc12)N=c1oc([C@H](CSC)NC(=O)OCC2c3ccccc3-c3ccccc32)nc2ccccc12. The standard InChI is InChI=1S/C38H34N4O5S/c1-45-37(43)33(19-23-20-39-31-17-9-7-11-24(23)31)41-35-29-16-8-10-18-32(29)40-36(47-35)34(22-48-2)42-38(44)46-21-30-27-14-5-3-12-25(27)26-13-4-6-15-28(26)30/h3-18,20,30,33-34,39H,19,21-22H2,1-2H3,(H,42,44)/t33-,34-/m0/s1. The summed E-state index contributed by atoms with van der Waals surface area (Å²) < 4.78 is 17.3. The van der Waals surface area contributed by atoms with Crippen LogP contribution in [0.3, 0.4) is 0 Å². The first-order chi connectivity index (χ1) is 23.5. The van der Waals surface area contributed by atoms with Crippen molar-refractivity contribution in [1.82, 2.24) is 15.3 Å². The van der Waals surface area contributed by atoms with Gasteiger partial charge in [0.15, 0.2) is 6.04 Å². The van der Waals surface area contributed by atoms with Crippen molar-refractivity contribution >= 4 is 45.6 Å². The number of nitrogens with zero attached hydrogens (tertiary/aromatic N) is 2. The van der Waals surface area contributed by atoms with Gasteiger partial charge in [0.1, 0.15) is 12.6 Å². The van der Waals surface area contributed by atoms with Gasteiger partial charge in [0.05, 0.1) is 18.0 Å². The second kappa shape index (κ2) is 13.8. The minimum atomic E-state index is -0.884. The van der Waals surface area contributed by atoms with Gasteiger partial charge in [0, 0.05) is 35.2 Å². The molecule has 0 saturated carbocycles. The fourth-order valence-electron chi connectivity index (χ4n) is 6.38. The van der Waals surface area contributed by atoms with E-state index in [1.54, 1.807) is 0 Å². The Morgan fingerprint density at radius 2 is 1.60 bits per heavy atom. The van der Waals surface area contributed by atoms with Gasteiger partial charge in [-0.2, -0.15) is 11.8 Å². The summed E-state index contributed by atoms with van der Waals surface area (Å²) in [6.07, 6.45) is 3.54. The molecule has 0 bridgehead atoms. The zero-order valence-electron chi connectivity index (χ0n) is 26.5. The lowest BCUT2D eigenvalue weighted by molar-refractivity contribution is -0.142. The second-order valence-electron chi connectivity index (χ2n) is 11.6. The Balaban J connectivity index is 1.17. The Labute approximate surface area is 281 Å². The van der Waals surface area contributed by atoms with Crippen LogP contribution in [0.5, 0.6) is 0 Å². The number of hydrogen-bond acceptors (Lipinski definition) is 8. The highest BCUT2D eigenvalue weighted by Gasteiger charge is 2.30. The zero-order valence-corrected chi connectivity index (χ0v) is 27.3. The van der Waals surface area contributed by atoms with Gasteiger partial charge in [-0.1, -0.05) is 78.9 Å². The van der Waals surface area contributed by atoms with Crippen molar-refractivity contribution in [3.63, 3.8) is 0 Å². The highest BCUT2D eigenvalue weighted by molar-refractivity contribution is 7.98. The van der Waals surface area contributed by atoms with Gasteiger partial charge < -0.3 is 24.2 Å². The molecule has 4 aromatic carbocycles. The average Bonchev–Trinajstić information content (AvgIpc) is 3.68. The lowest BCUT2D eigenvalue weighted by atomic mass is 9.98. The summed E-state index contributed by atoms with van der Waals surface area (Å²) in [6.45, 7) is 0.184. The second-order valence-corrected chi connectivity index (χ2v) is 12.5. The van der Waals surface area contributed by atoms with Gasteiger partial charge in [0.2, 0.25) is 11.4 Å². The Morgan fingerprint density at radius 3 is 2.33 bits per heavy atom. The zero-order chi connectivity index (χ0) is 33.0. The van der Waals surface area contributed by atoms with Crippen LogP contribution in [0, 0.1) is 0 Å². The van der Waals surface area contributed by atoms with Crippen molar-refractivity contribution < 1.29 is 23.5 Å². The van der Waals surface area contributed by atoms with Crippen LogP contribution in [0.4, 0.5) is 4.79 Å². The summed E-state index contributed by atoms with van der Waals surface area (Å²) in [5.41, 5.74) is 7.34. The molecule has 2 N–H and O–H groups in total. The Kier molecular flexibility index (Phi) is 8.98. The van der Waals surface area contributed by atoms with Crippen molar-refractivity contribution in [2.24, 2.45) is 4.99 Å². The van der Waals surface area contributed by atoms with Crippen molar-refractivity contribution in [3.05, 3.63) is 131 Å². The van der Waals surface area contributed by atoms with Crippen molar-refractivity contribution in [3.8, 4) is 11.1 Å². The highest BCUT2D eigenvalue weighted by atomic mass is 32.2. The van der Waals surface area contributed by atoms with E-state index in [0.29, 0.717) is 23.1 Å². The molecule has 0 spiro atoms. The number of H-pyrrole nitrogens is 1. The molecule has 0 unspecified atom stereocenters. The van der Waals surface area contributed by atoms with Gasteiger partial charge in [-0.3, -0.25) is 0 Å². The minimum absolute atomic E-state index is 0.0663. The van der Waals surface area contributed by atoms with Crippen LogP contribution in [0.25, 0.3) is 32.9 Å². The Morgan fingerprint density at radius 1 is 0.938 bits per heavy atom. The molecule has 6 aromatic rings. The average molecular weight is 659 g/mol. The number of benzene rings is 4. The number of aromatic nitrogens is 2. The third kappa shape index (κ3) is 6.18. The molecule has 2 atom stereocenters. The van der Waals surface area contributed by atoms with Crippen LogP contribution in [-0.4, -0.2) is 53.8 Å². The Hall–Kier alpha value is -5.35. The number of fused-ring (bicyclic) bond motifs is 5. The van der Waals surface area contributed by atoms with E-state index in [0.717, 1.165) is 38.7 Å². The van der Waals surface area contributed by atoms with Crippen molar-refractivity contribution in [1.29, 1.82) is 0 Å². The number of hydrogen-bond donors (Lipinski definition) is 2. The molecule has 242 valence electrons. The molecule has 0 saturated heterocycles. The van der Waals surface area contributed by atoms with Crippen molar-refractivity contribution in [2.45, 2.75) is 24.4 Å². The summed E-state index contributed by atoms with van der Waals surface area (Å²) in [5, 5.41) is 4.61. The number of methoxy groups -OCH3 is 1. The minimum Gasteiger partial charge on any atom is -0.467 e. The molecule has 2 heterocycles. The van der Waals surface area contributed by atoms with E-state index >= 15 is 0 Å². The normalized spacial score (nSPS) is 14.0. The first kappa shape index (κ1) is 31.3. The van der Waals surface area contributed by atoms with E-state index in [-0.39, 0.29) is 24.0 Å². The molecule has 0 fully saturated rings.